The summed E-state index contributed by atoms with van der Waals surface area (Å²) < 4.78 is 0. The second-order valence-electron chi connectivity index (χ2n) is 8.95. The van der Waals surface area contributed by atoms with Crippen LogP contribution in [0.4, 0.5) is 0 Å². The topological polar surface area (TPSA) is 78.5 Å². The molecule has 1 saturated heterocycles. The molecule has 3 rings (SSSR count). The van der Waals surface area contributed by atoms with Gasteiger partial charge >= 0.3 is 0 Å². The van der Waals surface area contributed by atoms with Crippen LogP contribution in [0.1, 0.15) is 53.0 Å². The van der Waals surface area contributed by atoms with Crippen LogP contribution in [-0.2, 0) is 4.79 Å². The first kappa shape index (κ1) is 23.5. The van der Waals surface area contributed by atoms with Gasteiger partial charge in [0.05, 0.1) is 0 Å². The van der Waals surface area contributed by atoms with Gasteiger partial charge in [0.2, 0.25) is 5.91 Å². The van der Waals surface area contributed by atoms with E-state index in [0.717, 1.165) is 5.56 Å². The van der Waals surface area contributed by atoms with E-state index in [9.17, 15) is 14.4 Å². The second-order valence-corrected chi connectivity index (χ2v) is 8.95. The minimum Gasteiger partial charge on any atom is -0.354 e. The predicted molar refractivity (Wildman–Crippen MR) is 125 cm³/mol. The summed E-state index contributed by atoms with van der Waals surface area (Å²) in [5, 5.41) is 5.94. The third kappa shape index (κ3) is 6.19. The monoisotopic (exact) mass is 435 g/mol. The van der Waals surface area contributed by atoms with E-state index < -0.39 is 6.04 Å². The van der Waals surface area contributed by atoms with Gasteiger partial charge in [-0.25, -0.2) is 0 Å². The number of carbonyl (C=O) groups is 3. The molecule has 0 spiro atoms. The molecule has 6 heteroatoms. The number of piperidine rings is 1. The number of nitrogens with one attached hydrogen (secondary N) is 2. The summed E-state index contributed by atoms with van der Waals surface area (Å²) in [6.45, 7) is 7.72. The van der Waals surface area contributed by atoms with Crippen LogP contribution < -0.4 is 10.6 Å². The molecule has 0 bridgehead atoms. The SMILES string of the molecule is Cc1ccc(C(=O)NC(C(=O)NCC(C)C)C2CCN(C(=O)c3ccccc3)CC2)cc1. The lowest BCUT2D eigenvalue weighted by Crippen LogP contribution is -2.54. The average molecular weight is 436 g/mol. The summed E-state index contributed by atoms with van der Waals surface area (Å²) in [5.41, 5.74) is 2.28. The number of amides is 3. The predicted octanol–water partition coefficient (Wildman–Crippen LogP) is 3.42. The molecule has 0 aliphatic carbocycles. The summed E-state index contributed by atoms with van der Waals surface area (Å²) in [6, 6.07) is 15.9. The van der Waals surface area contributed by atoms with Crippen LogP contribution in [0.15, 0.2) is 54.6 Å². The highest BCUT2D eigenvalue weighted by atomic mass is 16.2. The minimum absolute atomic E-state index is 0.00792. The van der Waals surface area contributed by atoms with Gasteiger partial charge in [-0.15, -0.1) is 0 Å². The highest BCUT2D eigenvalue weighted by molar-refractivity contribution is 5.97. The van der Waals surface area contributed by atoms with Crippen molar-refractivity contribution < 1.29 is 14.4 Å². The first-order valence-corrected chi connectivity index (χ1v) is 11.3. The van der Waals surface area contributed by atoms with Crippen molar-refractivity contribution in [3.63, 3.8) is 0 Å². The summed E-state index contributed by atoms with van der Waals surface area (Å²) >= 11 is 0. The smallest absolute Gasteiger partial charge is 0.253 e. The molecule has 0 saturated carbocycles. The van der Waals surface area contributed by atoms with Gasteiger partial charge in [0.1, 0.15) is 6.04 Å². The van der Waals surface area contributed by atoms with Crippen molar-refractivity contribution >= 4 is 17.7 Å². The largest absolute Gasteiger partial charge is 0.354 e. The van der Waals surface area contributed by atoms with Gasteiger partial charge < -0.3 is 15.5 Å². The maximum atomic E-state index is 13.0. The third-order valence-electron chi connectivity index (χ3n) is 5.89. The van der Waals surface area contributed by atoms with E-state index in [-0.39, 0.29) is 23.6 Å². The van der Waals surface area contributed by atoms with Crippen molar-refractivity contribution in [1.82, 2.24) is 15.5 Å². The Bertz CT molecular complexity index is 917. The Morgan fingerprint density at radius 1 is 0.938 bits per heavy atom. The van der Waals surface area contributed by atoms with Crippen LogP contribution in [0.3, 0.4) is 0 Å². The molecule has 170 valence electrons. The van der Waals surface area contributed by atoms with Crippen LogP contribution in [0, 0.1) is 18.8 Å². The molecule has 1 atom stereocenters. The van der Waals surface area contributed by atoms with E-state index >= 15 is 0 Å². The fraction of sp³-hybridized carbons (Fsp3) is 0.423. The van der Waals surface area contributed by atoms with Crippen LogP contribution in [-0.4, -0.2) is 48.3 Å². The lowest BCUT2D eigenvalue weighted by molar-refractivity contribution is -0.124. The molecule has 0 aromatic heterocycles. The first-order chi connectivity index (χ1) is 15.3. The maximum Gasteiger partial charge on any atom is 0.253 e. The molecular formula is C26H33N3O3. The highest BCUT2D eigenvalue weighted by Crippen LogP contribution is 2.23. The third-order valence-corrected chi connectivity index (χ3v) is 5.89. The molecule has 1 heterocycles. The average Bonchev–Trinajstić information content (AvgIpc) is 2.81. The van der Waals surface area contributed by atoms with Crippen molar-refractivity contribution in [3.8, 4) is 0 Å². The van der Waals surface area contributed by atoms with E-state index in [0.29, 0.717) is 49.5 Å². The quantitative estimate of drug-likeness (QED) is 0.700. The Morgan fingerprint density at radius 2 is 1.56 bits per heavy atom. The zero-order valence-electron chi connectivity index (χ0n) is 19.1. The zero-order valence-corrected chi connectivity index (χ0v) is 19.1. The van der Waals surface area contributed by atoms with E-state index in [1.54, 1.807) is 12.1 Å². The fourth-order valence-electron chi connectivity index (χ4n) is 3.94. The van der Waals surface area contributed by atoms with Gasteiger partial charge in [0.25, 0.3) is 11.8 Å². The molecule has 2 N–H and O–H groups in total. The molecule has 1 aliphatic rings. The summed E-state index contributed by atoms with van der Waals surface area (Å²) in [4.78, 5) is 40.4. The van der Waals surface area contributed by atoms with Gasteiger partial charge in [-0.05, 0) is 55.9 Å². The Labute approximate surface area is 190 Å². The number of hydrogen-bond donors (Lipinski definition) is 2. The number of carbonyl (C=O) groups excluding carboxylic acids is 3. The van der Waals surface area contributed by atoms with Crippen molar-refractivity contribution in [2.24, 2.45) is 11.8 Å². The molecule has 6 nitrogen and oxygen atoms in total. The first-order valence-electron chi connectivity index (χ1n) is 11.3. The van der Waals surface area contributed by atoms with Gasteiger partial charge in [-0.1, -0.05) is 49.7 Å². The molecular weight excluding hydrogens is 402 g/mol. The van der Waals surface area contributed by atoms with Gasteiger partial charge in [-0.3, -0.25) is 14.4 Å². The van der Waals surface area contributed by atoms with E-state index in [1.165, 1.54) is 0 Å². The number of aryl methyl sites for hydroxylation is 1. The van der Waals surface area contributed by atoms with Crippen LogP contribution in [0.5, 0.6) is 0 Å². The summed E-state index contributed by atoms with van der Waals surface area (Å²) in [6.07, 6.45) is 1.32. The van der Waals surface area contributed by atoms with Crippen molar-refractivity contribution in [3.05, 3.63) is 71.3 Å². The number of rotatable bonds is 7. The number of benzene rings is 2. The van der Waals surface area contributed by atoms with E-state index in [4.69, 9.17) is 0 Å². The molecule has 1 aliphatic heterocycles. The van der Waals surface area contributed by atoms with E-state index in [1.807, 2.05) is 68.1 Å². The number of hydrogen-bond acceptors (Lipinski definition) is 3. The van der Waals surface area contributed by atoms with Gasteiger partial charge in [-0.2, -0.15) is 0 Å². The molecule has 3 amide bonds. The zero-order chi connectivity index (χ0) is 23.1. The molecule has 1 fully saturated rings. The minimum atomic E-state index is -0.628. The lowest BCUT2D eigenvalue weighted by Gasteiger charge is -2.36. The van der Waals surface area contributed by atoms with E-state index in [2.05, 4.69) is 10.6 Å². The number of likely N-dealkylation sites (tertiary alicyclic amines) is 1. The Hall–Kier alpha value is -3.15. The van der Waals surface area contributed by atoms with Crippen molar-refractivity contribution in [2.75, 3.05) is 19.6 Å². The fourth-order valence-corrected chi connectivity index (χ4v) is 3.94. The highest BCUT2D eigenvalue weighted by Gasteiger charge is 2.34. The normalized spacial score (nSPS) is 15.3. The van der Waals surface area contributed by atoms with Crippen LogP contribution in [0.25, 0.3) is 0 Å². The van der Waals surface area contributed by atoms with Gasteiger partial charge in [0, 0.05) is 30.8 Å². The van der Waals surface area contributed by atoms with Crippen molar-refractivity contribution in [2.45, 2.75) is 39.7 Å². The van der Waals surface area contributed by atoms with Crippen molar-refractivity contribution in [1.29, 1.82) is 0 Å². The molecule has 2 aromatic carbocycles. The summed E-state index contributed by atoms with van der Waals surface area (Å²) in [7, 11) is 0. The van der Waals surface area contributed by atoms with Crippen LogP contribution in [0.2, 0.25) is 0 Å². The standard InChI is InChI=1S/C26H33N3O3/c1-18(2)17-27-25(31)23(28-24(30)21-11-9-19(3)10-12-21)20-13-15-29(16-14-20)26(32)22-7-5-4-6-8-22/h4-12,18,20,23H,13-17H2,1-3H3,(H,27,31)(H,28,30). The molecule has 0 radical (unpaired) electrons. The summed E-state index contributed by atoms with van der Waals surface area (Å²) in [5.74, 6) is -0.118. The second kappa shape index (κ2) is 10.9. The van der Waals surface area contributed by atoms with Gasteiger partial charge in [0.15, 0.2) is 0 Å². The molecule has 1 unspecified atom stereocenters. The Morgan fingerprint density at radius 3 is 2.16 bits per heavy atom. The lowest BCUT2D eigenvalue weighted by atomic mass is 9.88. The Balaban J connectivity index is 1.68. The number of nitrogens with zero attached hydrogens (tertiary/aromatic N) is 1. The molecule has 2 aromatic rings. The van der Waals surface area contributed by atoms with Crippen LogP contribution >= 0.6 is 0 Å². The maximum absolute atomic E-state index is 13.0. The Kier molecular flexibility index (Phi) is 8.03. The molecule has 32 heavy (non-hydrogen) atoms.